The van der Waals surface area contributed by atoms with E-state index in [1.807, 2.05) is 11.9 Å². The van der Waals surface area contributed by atoms with E-state index >= 15 is 0 Å². The van der Waals surface area contributed by atoms with Crippen LogP contribution in [0.2, 0.25) is 0 Å². The van der Waals surface area contributed by atoms with E-state index in [1.165, 1.54) is 18.5 Å². The Morgan fingerprint density at radius 1 is 1.39 bits per heavy atom. The first kappa shape index (κ1) is 12.7. The summed E-state index contributed by atoms with van der Waals surface area (Å²) < 4.78 is 13.3. The number of halogens is 1. The molecule has 1 aromatic carbocycles. The van der Waals surface area contributed by atoms with Gasteiger partial charge in [0.25, 0.3) is 0 Å². The fraction of sp³-hybridized carbons (Fsp3) is 0.385. The molecule has 0 radical (unpaired) electrons. The number of fused-ring (bicyclic) bond motifs is 1. The van der Waals surface area contributed by atoms with E-state index in [1.54, 1.807) is 13.0 Å². The van der Waals surface area contributed by atoms with Gasteiger partial charge in [0.15, 0.2) is 0 Å². The lowest BCUT2D eigenvalue weighted by atomic mass is 10.2. The summed E-state index contributed by atoms with van der Waals surface area (Å²) in [7, 11) is 1.87. The van der Waals surface area contributed by atoms with Crippen LogP contribution in [0, 0.1) is 5.82 Å². The molecule has 0 bridgehead atoms. The van der Waals surface area contributed by atoms with Gasteiger partial charge in [0, 0.05) is 19.0 Å². The summed E-state index contributed by atoms with van der Waals surface area (Å²) in [5, 5.41) is 9.97. The third-order valence-electron chi connectivity index (χ3n) is 2.82. The summed E-state index contributed by atoms with van der Waals surface area (Å²) in [4.78, 5) is 10.2. The lowest BCUT2D eigenvalue weighted by molar-refractivity contribution is 0.187. The molecule has 0 saturated heterocycles. The van der Waals surface area contributed by atoms with Gasteiger partial charge in [-0.25, -0.2) is 14.4 Å². The summed E-state index contributed by atoms with van der Waals surface area (Å²) in [6.07, 6.45) is 1.74. The van der Waals surface area contributed by atoms with Crippen molar-refractivity contribution in [1.29, 1.82) is 0 Å². The molecule has 2 aromatic rings. The van der Waals surface area contributed by atoms with Crippen LogP contribution in [0.1, 0.15) is 13.3 Å². The molecule has 2 rings (SSSR count). The molecule has 0 saturated carbocycles. The number of aliphatic hydroxyl groups is 1. The molecule has 1 unspecified atom stereocenters. The average Bonchev–Trinajstić information content (AvgIpc) is 2.35. The van der Waals surface area contributed by atoms with Gasteiger partial charge in [-0.15, -0.1) is 0 Å². The fourth-order valence-corrected chi connectivity index (χ4v) is 1.81. The molecule has 0 amide bonds. The lowest BCUT2D eigenvalue weighted by Gasteiger charge is -2.20. The Hall–Kier alpha value is -1.75. The highest BCUT2D eigenvalue weighted by atomic mass is 19.1. The first-order valence-electron chi connectivity index (χ1n) is 5.87. The van der Waals surface area contributed by atoms with E-state index in [4.69, 9.17) is 0 Å². The quantitative estimate of drug-likeness (QED) is 0.900. The molecule has 5 heteroatoms. The maximum Gasteiger partial charge on any atom is 0.139 e. The van der Waals surface area contributed by atoms with Crippen LogP contribution in [-0.2, 0) is 0 Å². The normalized spacial score (nSPS) is 12.7. The zero-order valence-electron chi connectivity index (χ0n) is 10.5. The summed E-state index contributed by atoms with van der Waals surface area (Å²) in [5.41, 5.74) is 0.713. The topological polar surface area (TPSA) is 49.2 Å². The highest BCUT2D eigenvalue weighted by Gasteiger charge is 2.10. The highest BCUT2D eigenvalue weighted by molar-refractivity contribution is 5.89. The van der Waals surface area contributed by atoms with Crippen molar-refractivity contribution in [3.8, 4) is 0 Å². The van der Waals surface area contributed by atoms with E-state index in [2.05, 4.69) is 9.97 Å². The van der Waals surface area contributed by atoms with Crippen LogP contribution in [0.3, 0.4) is 0 Å². The summed E-state index contributed by atoms with van der Waals surface area (Å²) in [5.74, 6) is 0.377. The van der Waals surface area contributed by atoms with E-state index in [-0.39, 0.29) is 11.9 Å². The molecule has 18 heavy (non-hydrogen) atoms. The molecule has 1 N–H and O–H groups in total. The molecule has 1 heterocycles. The number of aliphatic hydroxyl groups excluding tert-OH is 1. The van der Waals surface area contributed by atoms with Crippen molar-refractivity contribution >= 4 is 16.7 Å². The Morgan fingerprint density at radius 2 is 2.17 bits per heavy atom. The van der Waals surface area contributed by atoms with Gasteiger partial charge in [-0.05, 0) is 31.5 Å². The first-order chi connectivity index (χ1) is 8.58. The van der Waals surface area contributed by atoms with Gasteiger partial charge in [-0.2, -0.15) is 0 Å². The average molecular weight is 249 g/mol. The molecule has 1 aromatic heterocycles. The second kappa shape index (κ2) is 5.27. The largest absolute Gasteiger partial charge is 0.393 e. The summed E-state index contributed by atoms with van der Waals surface area (Å²) in [6, 6.07) is 4.46. The Kier molecular flexibility index (Phi) is 3.72. The second-order valence-electron chi connectivity index (χ2n) is 4.42. The van der Waals surface area contributed by atoms with Crippen LogP contribution in [-0.4, -0.2) is 34.8 Å². The van der Waals surface area contributed by atoms with Crippen molar-refractivity contribution < 1.29 is 9.50 Å². The second-order valence-corrected chi connectivity index (χ2v) is 4.42. The van der Waals surface area contributed by atoms with Crippen LogP contribution in [0.4, 0.5) is 10.2 Å². The van der Waals surface area contributed by atoms with Gasteiger partial charge in [-0.3, -0.25) is 0 Å². The zero-order chi connectivity index (χ0) is 13.1. The molecule has 0 fully saturated rings. The van der Waals surface area contributed by atoms with E-state index in [9.17, 15) is 9.50 Å². The summed E-state index contributed by atoms with van der Waals surface area (Å²) in [6.45, 7) is 2.39. The predicted molar refractivity (Wildman–Crippen MR) is 69.1 cm³/mol. The standard InChI is InChI=1S/C13H16FN3O/c1-9(18)5-6-17(2)13-11-7-10(14)3-4-12(11)15-8-16-13/h3-4,7-9,18H,5-6H2,1-2H3. The zero-order valence-corrected chi connectivity index (χ0v) is 10.5. The molecule has 96 valence electrons. The van der Waals surface area contributed by atoms with Gasteiger partial charge < -0.3 is 10.0 Å². The summed E-state index contributed by atoms with van der Waals surface area (Å²) >= 11 is 0. The van der Waals surface area contributed by atoms with Crippen LogP contribution in [0.15, 0.2) is 24.5 Å². The van der Waals surface area contributed by atoms with Crippen LogP contribution in [0.25, 0.3) is 10.9 Å². The molecule has 0 spiro atoms. The Labute approximate surface area is 105 Å². The van der Waals surface area contributed by atoms with Crippen LogP contribution < -0.4 is 4.90 Å². The molecule has 1 atom stereocenters. The van der Waals surface area contributed by atoms with Crippen molar-refractivity contribution in [2.45, 2.75) is 19.4 Å². The van der Waals surface area contributed by atoms with Crippen LogP contribution >= 0.6 is 0 Å². The molecule has 4 nitrogen and oxygen atoms in total. The van der Waals surface area contributed by atoms with E-state index < -0.39 is 0 Å². The van der Waals surface area contributed by atoms with Crippen LogP contribution in [0.5, 0.6) is 0 Å². The van der Waals surface area contributed by atoms with Gasteiger partial charge in [0.1, 0.15) is 18.0 Å². The monoisotopic (exact) mass is 249 g/mol. The number of rotatable bonds is 4. The van der Waals surface area contributed by atoms with E-state index in [0.717, 1.165) is 0 Å². The Morgan fingerprint density at radius 3 is 2.89 bits per heavy atom. The smallest absolute Gasteiger partial charge is 0.139 e. The number of hydrogen-bond acceptors (Lipinski definition) is 4. The van der Waals surface area contributed by atoms with Crippen molar-refractivity contribution in [2.75, 3.05) is 18.5 Å². The Balaban J connectivity index is 2.34. The van der Waals surface area contributed by atoms with Gasteiger partial charge in [0.05, 0.1) is 11.6 Å². The lowest BCUT2D eigenvalue weighted by Crippen LogP contribution is -2.23. The predicted octanol–water partition coefficient (Wildman–Crippen LogP) is 1.98. The number of hydrogen-bond donors (Lipinski definition) is 1. The molecule has 0 aliphatic rings. The SMILES string of the molecule is CC(O)CCN(C)c1ncnc2ccc(F)cc12. The van der Waals surface area contributed by atoms with Crippen molar-refractivity contribution in [3.63, 3.8) is 0 Å². The number of anilines is 1. The van der Waals surface area contributed by atoms with Gasteiger partial charge in [0.2, 0.25) is 0 Å². The minimum Gasteiger partial charge on any atom is -0.393 e. The van der Waals surface area contributed by atoms with Gasteiger partial charge >= 0.3 is 0 Å². The molecule has 0 aliphatic heterocycles. The maximum atomic E-state index is 13.3. The number of nitrogens with zero attached hydrogens (tertiary/aromatic N) is 3. The third-order valence-corrected chi connectivity index (χ3v) is 2.82. The fourth-order valence-electron chi connectivity index (χ4n) is 1.81. The number of aromatic nitrogens is 2. The number of benzene rings is 1. The third kappa shape index (κ3) is 2.73. The van der Waals surface area contributed by atoms with E-state index in [0.29, 0.717) is 29.7 Å². The molecule has 0 aliphatic carbocycles. The minimum atomic E-state index is -0.364. The maximum absolute atomic E-state index is 13.3. The van der Waals surface area contributed by atoms with Crippen molar-refractivity contribution in [3.05, 3.63) is 30.3 Å². The molecular formula is C13H16FN3O. The molecular weight excluding hydrogens is 233 g/mol. The van der Waals surface area contributed by atoms with Gasteiger partial charge in [-0.1, -0.05) is 0 Å². The van der Waals surface area contributed by atoms with Crippen molar-refractivity contribution in [1.82, 2.24) is 9.97 Å². The Bertz CT molecular complexity index is 545. The minimum absolute atomic E-state index is 0.303. The highest BCUT2D eigenvalue weighted by Crippen LogP contribution is 2.22. The first-order valence-corrected chi connectivity index (χ1v) is 5.87. The van der Waals surface area contributed by atoms with Crippen molar-refractivity contribution in [2.24, 2.45) is 0 Å².